The Labute approximate surface area is 158 Å². The Hall–Kier alpha value is -1.60. The van der Waals surface area contributed by atoms with E-state index in [1.165, 1.54) is 23.5 Å². The Morgan fingerprint density at radius 3 is 2.92 bits per heavy atom. The van der Waals surface area contributed by atoms with Gasteiger partial charge in [0.25, 0.3) is 0 Å². The Kier molecular flexibility index (Phi) is 6.69. The van der Waals surface area contributed by atoms with Crippen LogP contribution in [0.2, 0.25) is 0 Å². The number of guanidine groups is 1. The van der Waals surface area contributed by atoms with Crippen LogP contribution in [0.25, 0.3) is 0 Å². The molecule has 3 heterocycles. The zero-order chi connectivity index (χ0) is 17.5. The maximum Gasteiger partial charge on any atom is 0.193 e. The predicted molar refractivity (Wildman–Crippen MR) is 109 cm³/mol. The van der Waals surface area contributed by atoms with Crippen molar-refractivity contribution in [2.75, 3.05) is 38.1 Å². The fourth-order valence-corrected chi connectivity index (χ4v) is 4.52. The fraction of sp³-hybridized carbons (Fsp3) is 0.556. The van der Waals surface area contributed by atoms with Gasteiger partial charge >= 0.3 is 0 Å². The summed E-state index contributed by atoms with van der Waals surface area (Å²) in [5, 5.41) is 11.1. The third-order valence-corrected chi connectivity index (χ3v) is 5.92. The molecule has 0 bridgehead atoms. The zero-order valence-corrected chi connectivity index (χ0v) is 16.7. The molecule has 5 nitrogen and oxygen atoms in total. The third-order valence-electron chi connectivity index (χ3n) is 4.24. The normalized spacial score (nSPS) is 15.0. The van der Waals surface area contributed by atoms with Gasteiger partial charge in [-0.05, 0) is 42.2 Å². The first kappa shape index (κ1) is 18.2. The summed E-state index contributed by atoms with van der Waals surface area (Å²) in [7, 11) is 2.09. The topological polar surface area (TPSA) is 43.8 Å². The number of nitrogens with zero attached hydrogens (tertiary/aromatic N) is 4. The second-order valence-electron chi connectivity index (χ2n) is 6.29. The minimum Gasteiger partial charge on any atom is -0.357 e. The summed E-state index contributed by atoms with van der Waals surface area (Å²) in [6.07, 6.45) is 3.48. The average Bonchev–Trinajstić information content (AvgIpc) is 3.35. The van der Waals surface area contributed by atoms with Gasteiger partial charge in [0.15, 0.2) is 11.1 Å². The van der Waals surface area contributed by atoms with E-state index in [9.17, 15) is 0 Å². The van der Waals surface area contributed by atoms with Crippen molar-refractivity contribution in [2.45, 2.75) is 32.7 Å². The van der Waals surface area contributed by atoms with E-state index in [0.29, 0.717) is 0 Å². The first-order valence-electron chi connectivity index (χ1n) is 8.96. The molecule has 25 heavy (non-hydrogen) atoms. The minimum absolute atomic E-state index is 0.763. The molecule has 2 aromatic rings. The molecule has 7 heteroatoms. The minimum atomic E-state index is 0.763. The molecule has 1 saturated heterocycles. The molecular weight excluding hydrogens is 350 g/mol. The molecule has 136 valence electrons. The van der Waals surface area contributed by atoms with Crippen LogP contribution in [0.5, 0.6) is 0 Å². The predicted octanol–water partition coefficient (Wildman–Crippen LogP) is 3.44. The molecule has 0 aromatic carbocycles. The molecule has 0 amide bonds. The van der Waals surface area contributed by atoms with Gasteiger partial charge in [-0.3, -0.25) is 4.99 Å². The quantitative estimate of drug-likeness (QED) is 0.593. The molecule has 1 aliphatic rings. The van der Waals surface area contributed by atoms with Crippen LogP contribution in [-0.4, -0.2) is 49.1 Å². The van der Waals surface area contributed by atoms with E-state index in [2.05, 4.69) is 51.3 Å². The molecule has 0 saturated carbocycles. The van der Waals surface area contributed by atoms with Gasteiger partial charge in [-0.2, -0.15) is 11.3 Å². The maximum absolute atomic E-state index is 4.78. The van der Waals surface area contributed by atoms with Gasteiger partial charge in [-0.1, -0.05) is 0 Å². The number of aliphatic imine (C=N–C) groups is 1. The standard InChI is InChI=1S/C18H27N5S2/c1-3-19-17(22(2)12-15-7-11-24-13-15)20-8-6-16-14-25-18(21-16)23-9-4-5-10-23/h7,11,13-14H,3-6,8-10,12H2,1-2H3,(H,19,20). The van der Waals surface area contributed by atoms with Crippen LogP contribution in [0.3, 0.4) is 0 Å². The monoisotopic (exact) mass is 377 g/mol. The summed E-state index contributed by atoms with van der Waals surface area (Å²) < 4.78 is 0. The summed E-state index contributed by atoms with van der Waals surface area (Å²) in [6.45, 7) is 6.94. The summed E-state index contributed by atoms with van der Waals surface area (Å²) in [4.78, 5) is 14.1. The van der Waals surface area contributed by atoms with Crippen LogP contribution in [0.1, 0.15) is 31.0 Å². The van der Waals surface area contributed by atoms with Crippen molar-refractivity contribution in [3.8, 4) is 0 Å². The summed E-state index contributed by atoms with van der Waals surface area (Å²) >= 11 is 3.50. The van der Waals surface area contributed by atoms with E-state index in [4.69, 9.17) is 9.98 Å². The van der Waals surface area contributed by atoms with Crippen LogP contribution in [0, 0.1) is 0 Å². The Balaban J connectivity index is 1.54. The highest BCUT2D eigenvalue weighted by Gasteiger charge is 2.15. The van der Waals surface area contributed by atoms with Crippen molar-refractivity contribution < 1.29 is 0 Å². The van der Waals surface area contributed by atoms with Crippen molar-refractivity contribution >= 4 is 33.8 Å². The maximum atomic E-state index is 4.78. The molecular formula is C18H27N5S2. The molecule has 0 unspecified atom stereocenters. The molecule has 3 rings (SSSR count). The van der Waals surface area contributed by atoms with Crippen molar-refractivity contribution in [2.24, 2.45) is 4.99 Å². The Bertz CT molecular complexity index is 659. The Morgan fingerprint density at radius 2 is 2.20 bits per heavy atom. The molecule has 1 aliphatic heterocycles. The number of thiazole rings is 1. The van der Waals surface area contributed by atoms with Crippen molar-refractivity contribution in [3.05, 3.63) is 33.5 Å². The van der Waals surface area contributed by atoms with E-state index >= 15 is 0 Å². The van der Waals surface area contributed by atoms with Crippen LogP contribution in [0.15, 0.2) is 27.2 Å². The number of rotatable bonds is 7. The number of anilines is 1. The summed E-state index contributed by atoms with van der Waals surface area (Å²) in [6, 6.07) is 2.17. The number of thiophene rings is 1. The Morgan fingerprint density at radius 1 is 1.36 bits per heavy atom. The lowest BCUT2D eigenvalue weighted by Gasteiger charge is -2.21. The van der Waals surface area contributed by atoms with Gasteiger partial charge in [0.05, 0.1) is 5.69 Å². The highest BCUT2D eigenvalue weighted by Crippen LogP contribution is 2.24. The smallest absolute Gasteiger partial charge is 0.193 e. The van der Waals surface area contributed by atoms with E-state index in [0.717, 1.165) is 50.8 Å². The van der Waals surface area contributed by atoms with Crippen molar-refractivity contribution in [1.82, 2.24) is 15.2 Å². The zero-order valence-electron chi connectivity index (χ0n) is 15.1. The van der Waals surface area contributed by atoms with Crippen LogP contribution in [-0.2, 0) is 13.0 Å². The number of nitrogens with one attached hydrogen (secondary N) is 1. The van der Waals surface area contributed by atoms with Gasteiger partial charge < -0.3 is 15.1 Å². The van der Waals surface area contributed by atoms with Crippen molar-refractivity contribution in [1.29, 1.82) is 0 Å². The largest absolute Gasteiger partial charge is 0.357 e. The SMILES string of the molecule is CCNC(=NCCc1csc(N2CCCC2)n1)N(C)Cc1ccsc1. The first-order valence-corrected chi connectivity index (χ1v) is 10.8. The first-order chi connectivity index (χ1) is 12.3. The molecule has 0 aliphatic carbocycles. The van der Waals surface area contributed by atoms with E-state index in [-0.39, 0.29) is 0 Å². The van der Waals surface area contributed by atoms with E-state index < -0.39 is 0 Å². The van der Waals surface area contributed by atoms with Gasteiger partial charge in [-0.15, -0.1) is 11.3 Å². The lowest BCUT2D eigenvalue weighted by atomic mass is 10.3. The molecule has 0 radical (unpaired) electrons. The summed E-state index contributed by atoms with van der Waals surface area (Å²) in [5.41, 5.74) is 2.49. The second kappa shape index (κ2) is 9.20. The molecule has 2 aromatic heterocycles. The van der Waals surface area contributed by atoms with Crippen LogP contribution >= 0.6 is 22.7 Å². The molecule has 1 fully saturated rings. The third kappa shape index (κ3) is 5.19. The second-order valence-corrected chi connectivity index (χ2v) is 7.91. The number of hydrogen-bond acceptors (Lipinski definition) is 5. The van der Waals surface area contributed by atoms with Crippen LogP contribution < -0.4 is 10.2 Å². The van der Waals surface area contributed by atoms with Crippen molar-refractivity contribution in [3.63, 3.8) is 0 Å². The molecule has 1 N–H and O–H groups in total. The summed E-state index contributed by atoms with van der Waals surface area (Å²) in [5.74, 6) is 0.962. The van der Waals surface area contributed by atoms with Gasteiger partial charge in [0.2, 0.25) is 0 Å². The lowest BCUT2D eigenvalue weighted by molar-refractivity contribution is 0.478. The highest BCUT2D eigenvalue weighted by atomic mass is 32.1. The van der Waals surface area contributed by atoms with E-state index in [1.807, 2.05) is 0 Å². The number of hydrogen-bond donors (Lipinski definition) is 1. The van der Waals surface area contributed by atoms with Crippen LogP contribution in [0.4, 0.5) is 5.13 Å². The van der Waals surface area contributed by atoms with Gasteiger partial charge in [0.1, 0.15) is 0 Å². The average molecular weight is 378 g/mol. The fourth-order valence-electron chi connectivity index (χ4n) is 2.94. The molecule has 0 spiro atoms. The lowest BCUT2D eigenvalue weighted by Crippen LogP contribution is -2.38. The number of aromatic nitrogens is 1. The highest BCUT2D eigenvalue weighted by molar-refractivity contribution is 7.13. The van der Waals surface area contributed by atoms with E-state index in [1.54, 1.807) is 22.7 Å². The van der Waals surface area contributed by atoms with Gasteiger partial charge in [0, 0.05) is 51.6 Å². The van der Waals surface area contributed by atoms with Gasteiger partial charge in [-0.25, -0.2) is 4.98 Å². The molecule has 0 atom stereocenters.